The van der Waals surface area contributed by atoms with Gasteiger partial charge in [0.25, 0.3) is 0 Å². The van der Waals surface area contributed by atoms with E-state index in [4.69, 9.17) is 10.00 Å². The molecule has 72 valence electrons. The van der Waals surface area contributed by atoms with Gasteiger partial charge in [-0.3, -0.25) is 0 Å². The maximum absolute atomic E-state index is 8.90. The van der Waals surface area contributed by atoms with Crippen molar-refractivity contribution < 1.29 is 4.74 Å². The van der Waals surface area contributed by atoms with Crippen LogP contribution in [-0.4, -0.2) is 17.3 Å². The largest absolute Gasteiger partial charge is 0.487 e. The molecular formula is C10H10N2OS. The minimum absolute atomic E-state index is 0.309. The molecule has 0 unspecified atom stereocenters. The second-order valence-corrected chi connectivity index (χ2v) is 3.98. The van der Waals surface area contributed by atoms with Crippen LogP contribution in [0.15, 0.2) is 17.3 Å². The molecule has 1 saturated carbocycles. The molecule has 0 N–H and O–H groups in total. The number of hydrogen-bond donors (Lipinski definition) is 0. The molecule has 1 heterocycles. The summed E-state index contributed by atoms with van der Waals surface area (Å²) in [6, 6.07) is 3.89. The Hall–Kier alpha value is -1.21. The van der Waals surface area contributed by atoms with Crippen LogP contribution in [0.1, 0.15) is 18.4 Å². The van der Waals surface area contributed by atoms with Crippen molar-refractivity contribution >= 4 is 11.8 Å². The molecule has 1 aromatic rings. The third-order valence-corrected chi connectivity index (χ3v) is 2.63. The number of thioether (sulfide) groups is 1. The van der Waals surface area contributed by atoms with Crippen molar-refractivity contribution in [3.05, 3.63) is 17.8 Å². The van der Waals surface area contributed by atoms with Gasteiger partial charge in [0.15, 0.2) is 5.75 Å². The highest BCUT2D eigenvalue weighted by molar-refractivity contribution is 7.98. The molecule has 1 aliphatic carbocycles. The number of ether oxygens (including phenoxy) is 1. The van der Waals surface area contributed by atoms with Crippen molar-refractivity contribution in [2.24, 2.45) is 0 Å². The lowest BCUT2D eigenvalue weighted by molar-refractivity contribution is 0.300. The predicted molar refractivity (Wildman–Crippen MR) is 54.4 cm³/mol. The summed E-state index contributed by atoms with van der Waals surface area (Å²) in [5.74, 6) is 0.618. The smallest absolute Gasteiger partial charge is 0.155 e. The van der Waals surface area contributed by atoms with E-state index in [1.165, 1.54) is 11.8 Å². The van der Waals surface area contributed by atoms with Crippen molar-refractivity contribution in [2.75, 3.05) is 6.26 Å². The topological polar surface area (TPSA) is 45.9 Å². The van der Waals surface area contributed by atoms with Gasteiger partial charge in [0.2, 0.25) is 0 Å². The van der Waals surface area contributed by atoms with E-state index in [9.17, 15) is 0 Å². The van der Waals surface area contributed by atoms with Gasteiger partial charge in [-0.1, -0.05) is 0 Å². The third-order valence-electron chi connectivity index (χ3n) is 1.99. The second-order valence-electron chi connectivity index (χ2n) is 3.15. The summed E-state index contributed by atoms with van der Waals surface area (Å²) < 4.78 is 5.55. The maximum atomic E-state index is 8.90. The van der Waals surface area contributed by atoms with Crippen LogP contribution in [0.4, 0.5) is 0 Å². The third kappa shape index (κ3) is 1.99. The fourth-order valence-electron chi connectivity index (χ4n) is 1.08. The van der Waals surface area contributed by atoms with E-state index in [1.807, 2.05) is 6.26 Å². The van der Waals surface area contributed by atoms with Crippen LogP contribution in [0.25, 0.3) is 0 Å². The lowest BCUT2D eigenvalue weighted by atomic mass is 10.3. The number of aromatic nitrogens is 1. The maximum Gasteiger partial charge on any atom is 0.155 e. The van der Waals surface area contributed by atoms with Crippen LogP contribution in [-0.2, 0) is 0 Å². The molecule has 0 aromatic carbocycles. The first kappa shape index (κ1) is 9.35. The Balaban J connectivity index is 2.25. The van der Waals surface area contributed by atoms with E-state index >= 15 is 0 Å². The Labute approximate surface area is 87.1 Å². The fraction of sp³-hybridized carbons (Fsp3) is 0.400. The molecule has 4 heteroatoms. The highest BCUT2D eigenvalue weighted by atomic mass is 32.2. The van der Waals surface area contributed by atoms with E-state index in [-0.39, 0.29) is 0 Å². The van der Waals surface area contributed by atoms with E-state index in [1.54, 1.807) is 12.3 Å². The van der Waals surface area contributed by atoms with Gasteiger partial charge in [-0.25, -0.2) is 4.98 Å². The van der Waals surface area contributed by atoms with Crippen molar-refractivity contribution in [1.82, 2.24) is 4.98 Å². The number of hydrogen-bond acceptors (Lipinski definition) is 4. The number of pyridine rings is 1. The minimum Gasteiger partial charge on any atom is -0.487 e. The van der Waals surface area contributed by atoms with Crippen LogP contribution >= 0.6 is 11.8 Å². The zero-order chi connectivity index (χ0) is 9.97. The molecule has 14 heavy (non-hydrogen) atoms. The Kier molecular flexibility index (Phi) is 2.60. The summed E-state index contributed by atoms with van der Waals surface area (Å²) in [4.78, 5) is 4.17. The summed E-state index contributed by atoms with van der Waals surface area (Å²) in [7, 11) is 0. The van der Waals surface area contributed by atoms with Gasteiger partial charge in [-0.15, -0.1) is 11.8 Å². The first-order valence-electron chi connectivity index (χ1n) is 4.44. The van der Waals surface area contributed by atoms with E-state index in [0.29, 0.717) is 17.4 Å². The highest BCUT2D eigenvalue weighted by Gasteiger charge is 2.24. The number of nitriles is 1. The molecule has 0 spiro atoms. The van der Waals surface area contributed by atoms with Crippen LogP contribution in [0.3, 0.4) is 0 Å². The van der Waals surface area contributed by atoms with Crippen molar-refractivity contribution in [3.8, 4) is 11.8 Å². The molecule has 1 fully saturated rings. The number of rotatable bonds is 3. The van der Waals surface area contributed by atoms with Gasteiger partial charge in [-0.2, -0.15) is 5.26 Å². The molecule has 1 aliphatic rings. The average Bonchev–Trinajstić information content (AvgIpc) is 3.02. The van der Waals surface area contributed by atoms with Gasteiger partial charge in [-0.05, 0) is 25.2 Å². The Bertz CT molecular complexity index is 382. The summed E-state index contributed by atoms with van der Waals surface area (Å²) in [5.41, 5.74) is 0.580. The van der Waals surface area contributed by atoms with E-state index < -0.39 is 0 Å². The van der Waals surface area contributed by atoms with Crippen molar-refractivity contribution in [1.29, 1.82) is 5.26 Å². The van der Waals surface area contributed by atoms with Gasteiger partial charge >= 0.3 is 0 Å². The molecule has 1 aromatic heterocycles. The Morgan fingerprint density at radius 3 is 3.00 bits per heavy atom. The fourth-order valence-corrected chi connectivity index (χ4v) is 1.48. The van der Waals surface area contributed by atoms with Crippen LogP contribution < -0.4 is 4.74 Å². The zero-order valence-corrected chi connectivity index (χ0v) is 8.67. The molecule has 0 atom stereocenters. The molecule has 0 aliphatic heterocycles. The van der Waals surface area contributed by atoms with Gasteiger partial charge < -0.3 is 4.74 Å². The van der Waals surface area contributed by atoms with Gasteiger partial charge in [0, 0.05) is 0 Å². The van der Waals surface area contributed by atoms with E-state index in [0.717, 1.165) is 17.9 Å². The van der Waals surface area contributed by atoms with Crippen LogP contribution in [0, 0.1) is 11.3 Å². The zero-order valence-electron chi connectivity index (χ0n) is 7.86. The summed E-state index contributed by atoms with van der Waals surface area (Å²) >= 11 is 1.52. The second kappa shape index (κ2) is 3.89. The Morgan fingerprint density at radius 1 is 1.64 bits per heavy atom. The van der Waals surface area contributed by atoms with Crippen LogP contribution in [0.5, 0.6) is 5.75 Å². The quantitative estimate of drug-likeness (QED) is 0.711. The molecule has 3 nitrogen and oxygen atoms in total. The van der Waals surface area contributed by atoms with Crippen molar-refractivity contribution in [2.45, 2.75) is 24.0 Å². The van der Waals surface area contributed by atoms with Gasteiger partial charge in [0.1, 0.15) is 6.07 Å². The molecule has 0 bridgehead atoms. The highest BCUT2D eigenvalue weighted by Crippen LogP contribution is 2.29. The summed E-state index contributed by atoms with van der Waals surface area (Å²) in [5, 5.41) is 9.76. The molecule has 0 amide bonds. The summed E-state index contributed by atoms with van der Waals surface area (Å²) in [6.45, 7) is 0. The standard InChI is InChI=1S/C10H10N2OS/c1-14-10-4-7(5-11)9(6-12-10)13-8-2-3-8/h4,6,8H,2-3H2,1H3. The SMILES string of the molecule is CSc1cc(C#N)c(OC2CC2)cn1. The average molecular weight is 206 g/mol. The normalized spacial score (nSPS) is 14.9. The number of nitrogens with zero attached hydrogens (tertiary/aromatic N) is 2. The molecular weight excluding hydrogens is 196 g/mol. The first-order chi connectivity index (χ1) is 6.83. The van der Waals surface area contributed by atoms with E-state index in [2.05, 4.69) is 11.1 Å². The molecule has 2 rings (SSSR count). The predicted octanol–water partition coefficient (Wildman–Crippen LogP) is 2.22. The van der Waals surface area contributed by atoms with Crippen molar-refractivity contribution in [3.63, 3.8) is 0 Å². The lowest BCUT2D eigenvalue weighted by Crippen LogP contribution is -1.99. The van der Waals surface area contributed by atoms with Crippen LogP contribution in [0.2, 0.25) is 0 Å². The molecule has 0 saturated heterocycles. The monoisotopic (exact) mass is 206 g/mol. The lowest BCUT2D eigenvalue weighted by Gasteiger charge is -2.06. The first-order valence-corrected chi connectivity index (χ1v) is 5.66. The van der Waals surface area contributed by atoms with Gasteiger partial charge in [0.05, 0.1) is 22.9 Å². The minimum atomic E-state index is 0.309. The Morgan fingerprint density at radius 2 is 2.43 bits per heavy atom. The summed E-state index contributed by atoms with van der Waals surface area (Å²) in [6.07, 6.45) is 6.07. The molecule has 0 radical (unpaired) electrons.